The Morgan fingerprint density at radius 3 is 2.19 bits per heavy atom. The number of nitrogens with zero attached hydrogens (tertiary/aromatic N) is 1. The predicted molar refractivity (Wildman–Crippen MR) is 102 cm³/mol. The number of rotatable bonds is 6. The summed E-state index contributed by atoms with van der Waals surface area (Å²) in [5.41, 5.74) is 2.68. The lowest BCUT2D eigenvalue weighted by molar-refractivity contribution is -0.130. The molecule has 1 saturated heterocycles. The maximum absolute atomic E-state index is 12.3. The molecule has 1 unspecified atom stereocenters. The molecule has 2 aromatic rings. The Labute approximate surface area is 154 Å². The summed E-state index contributed by atoms with van der Waals surface area (Å²) >= 11 is 0. The van der Waals surface area contributed by atoms with Gasteiger partial charge in [-0.25, -0.2) is 4.79 Å². The number of carbonyl (C=O) groups is 2. The van der Waals surface area contributed by atoms with Crippen molar-refractivity contribution in [1.82, 2.24) is 15.5 Å². The highest BCUT2D eigenvalue weighted by Crippen LogP contribution is 2.22. The Morgan fingerprint density at radius 2 is 1.62 bits per heavy atom. The van der Waals surface area contributed by atoms with Crippen LogP contribution in [0.5, 0.6) is 0 Å². The standard InChI is InChI=1S/C21H25N3O2/c1-15-9-11-17(12-10-15)18(16-7-5-4-6-8-16)22-13-14-24-19(25)21(2,3)23-20(24)26/h4-12,18,22H,13-14H2,1-3H3,(H,23,26). The number of urea groups is 1. The summed E-state index contributed by atoms with van der Waals surface area (Å²) in [5.74, 6) is -0.184. The molecular weight excluding hydrogens is 326 g/mol. The molecule has 1 heterocycles. The molecule has 1 aliphatic heterocycles. The summed E-state index contributed by atoms with van der Waals surface area (Å²) in [5, 5.41) is 6.20. The van der Waals surface area contributed by atoms with E-state index in [4.69, 9.17) is 0 Å². The normalized spacial score (nSPS) is 17.3. The quantitative estimate of drug-likeness (QED) is 0.787. The Morgan fingerprint density at radius 1 is 1.00 bits per heavy atom. The first kappa shape index (κ1) is 18.1. The molecule has 0 aromatic heterocycles. The van der Waals surface area contributed by atoms with E-state index in [1.54, 1.807) is 13.8 Å². The van der Waals surface area contributed by atoms with Crippen LogP contribution in [0.2, 0.25) is 0 Å². The van der Waals surface area contributed by atoms with E-state index in [-0.39, 0.29) is 18.0 Å². The van der Waals surface area contributed by atoms with Crippen molar-refractivity contribution in [3.05, 3.63) is 71.3 Å². The van der Waals surface area contributed by atoms with Gasteiger partial charge in [0.1, 0.15) is 5.54 Å². The van der Waals surface area contributed by atoms with Crippen LogP contribution in [0.4, 0.5) is 4.79 Å². The van der Waals surface area contributed by atoms with E-state index in [2.05, 4.69) is 54.0 Å². The summed E-state index contributed by atoms with van der Waals surface area (Å²) in [6.07, 6.45) is 0. The summed E-state index contributed by atoms with van der Waals surface area (Å²) < 4.78 is 0. The van der Waals surface area contributed by atoms with E-state index in [1.165, 1.54) is 10.5 Å². The molecule has 0 spiro atoms. The van der Waals surface area contributed by atoms with E-state index in [0.29, 0.717) is 13.1 Å². The van der Waals surface area contributed by atoms with Crippen molar-refractivity contribution in [2.75, 3.05) is 13.1 Å². The Bertz CT molecular complexity index is 785. The van der Waals surface area contributed by atoms with Crippen molar-refractivity contribution in [1.29, 1.82) is 0 Å². The van der Waals surface area contributed by atoms with Crippen molar-refractivity contribution in [2.45, 2.75) is 32.4 Å². The summed E-state index contributed by atoms with van der Waals surface area (Å²) in [6.45, 7) is 6.36. The van der Waals surface area contributed by atoms with E-state index in [1.807, 2.05) is 18.2 Å². The Hall–Kier alpha value is -2.66. The van der Waals surface area contributed by atoms with Crippen LogP contribution < -0.4 is 10.6 Å². The molecular formula is C21H25N3O2. The molecule has 136 valence electrons. The molecule has 5 nitrogen and oxygen atoms in total. The first-order valence-electron chi connectivity index (χ1n) is 8.87. The van der Waals surface area contributed by atoms with Gasteiger partial charge >= 0.3 is 6.03 Å². The second-order valence-electron chi connectivity index (χ2n) is 7.22. The van der Waals surface area contributed by atoms with Gasteiger partial charge in [-0.05, 0) is 31.9 Å². The van der Waals surface area contributed by atoms with E-state index >= 15 is 0 Å². The van der Waals surface area contributed by atoms with Crippen LogP contribution in [0.25, 0.3) is 0 Å². The summed E-state index contributed by atoms with van der Waals surface area (Å²) in [4.78, 5) is 25.6. The average molecular weight is 351 g/mol. The molecule has 0 radical (unpaired) electrons. The highest BCUT2D eigenvalue weighted by molar-refractivity contribution is 6.06. The first-order chi connectivity index (χ1) is 12.4. The number of hydrogen-bond donors (Lipinski definition) is 2. The minimum Gasteiger partial charge on any atom is -0.324 e. The van der Waals surface area contributed by atoms with Crippen molar-refractivity contribution in [2.24, 2.45) is 0 Å². The van der Waals surface area contributed by atoms with Gasteiger partial charge in [0.2, 0.25) is 0 Å². The first-order valence-corrected chi connectivity index (χ1v) is 8.87. The van der Waals surface area contributed by atoms with Crippen LogP contribution in [-0.4, -0.2) is 35.5 Å². The fraction of sp³-hybridized carbons (Fsp3) is 0.333. The molecule has 1 aliphatic rings. The third-order valence-electron chi connectivity index (χ3n) is 4.67. The number of benzene rings is 2. The number of hydrogen-bond acceptors (Lipinski definition) is 3. The van der Waals surface area contributed by atoms with Gasteiger partial charge in [0.15, 0.2) is 0 Å². The van der Waals surface area contributed by atoms with Gasteiger partial charge in [-0.2, -0.15) is 0 Å². The molecule has 2 aromatic carbocycles. The van der Waals surface area contributed by atoms with E-state index < -0.39 is 5.54 Å². The molecule has 5 heteroatoms. The molecule has 0 saturated carbocycles. The number of aryl methyl sites for hydroxylation is 1. The van der Waals surface area contributed by atoms with Gasteiger partial charge in [0.05, 0.1) is 6.04 Å². The van der Waals surface area contributed by atoms with Gasteiger partial charge < -0.3 is 10.6 Å². The Balaban J connectivity index is 1.72. The van der Waals surface area contributed by atoms with Crippen LogP contribution >= 0.6 is 0 Å². The number of amides is 3. The number of nitrogens with one attached hydrogen (secondary N) is 2. The van der Waals surface area contributed by atoms with Crippen molar-refractivity contribution >= 4 is 11.9 Å². The van der Waals surface area contributed by atoms with Crippen molar-refractivity contribution in [3.63, 3.8) is 0 Å². The minimum atomic E-state index is -0.827. The van der Waals surface area contributed by atoms with Crippen LogP contribution in [0.15, 0.2) is 54.6 Å². The zero-order valence-corrected chi connectivity index (χ0v) is 15.5. The Kier molecular flexibility index (Phi) is 5.09. The molecule has 0 aliphatic carbocycles. The van der Waals surface area contributed by atoms with Gasteiger partial charge in [0.25, 0.3) is 5.91 Å². The molecule has 1 fully saturated rings. The minimum absolute atomic E-state index is 0.00516. The summed E-state index contributed by atoms with van der Waals surface area (Å²) in [6, 6.07) is 18.2. The maximum atomic E-state index is 12.3. The molecule has 3 rings (SSSR count). The fourth-order valence-electron chi connectivity index (χ4n) is 3.17. The van der Waals surface area contributed by atoms with E-state index in [9.17, 15) is 9.59 Å². The van der Waals surface area contributed by atoms with Gasteiger partial charge in [-0.1, -0.05) is 60.2 Å². The molecule has 26 heavy (non-hydrogen) atoms. The second-order valence-corrected chi connectivity index (χ2v) is 7.22. The largest absolute Gasteiger partial charge is 0.325 e. The van der Waals surface area contributed by atoms with Crippen LogP contribution in [-0.2, 0) is 4.79 Å². The lowest BCUT2D eigenvalue weighted by Gasteiger charge is -2.22. The zero-order chi connectivity index (χ0) is 18.7. The highest BCUT2D eigenvalue weighted by atomic mass is 16.2. The lowest BCUT2D eigenvalue weighted by atomic mass is 9.98. The van der Waals surface area contributed by atoms with Crippen LogP contribution in [0, 0.1) is 6.92 Å². The second kappa shape index (κ2) is 7.30. The molecule has 1 atom stereocenters. The van der Waals surface area contributed by atoms with Crippen molar-refractivity contribution in [3.8, 4) is 0 Å². The number of imide groups is 1. The third-order valence-corrected chi connectivity index (χ3v) is 4.67. The summed E-state index contributed by atoms with van der Waals surface area (Å²) in [7, 11) is 0. The number of carbonyl (C=O) groups excluding carboxylic acids is 2. The fourth-order valence-corrected chi connectivity index (χ4v) is 3.17. The maximum Gasteiger partial charge on any atom is 0.325 e. The lowest BCUT2D eigenvalue weighted by Crippen LogP contribution is -2.41. The zero-order valence-electron chi connectivity index (χ0n) is 15.5. The highest BCUT2D eigenvalue weighted by Gasteiger charge is 2.43. The third kappa shape index (κ3) is 3.78. The van der Waals surface area contributed by atoms with Gasteiger partial charge in [-0.3, -0.25) is 9.69 Å². The SMILES string of the molecule is Cc1ccc(C(NCCN2C(=O)NC(C)(C)C2=O)c2ccccc2)cc1. The predicted octanol–water partition coefficient (Wildman–Crippen LogP) is 3.00. The van der Waals surface area contributed by atoms with Crippen molar-refractivity contribution < 1.29 is 9.59 Å². The molecule has 3 amide bonds. The van der Waals surface area contributed by atoms with Gasteiger partial charge in [0, 0.05) is 13.1 Å². The average Bonchev–Trinajstić information content (AvgIpc) is 2.82. The van der Waals surface area contributed by atoms with Crippen LogP contribution in [0.3, 0.4) is 0 Å². The van der Waals surface area contributed by atoms with Crippen LogP contribution in [0.1, 0.15) is 36.6 Å². The monoisotopic (exact) mass is 351 g/mol. The van der Waals surface area contributed by atoms with E-state index in [0.717, 1.165) is 11.1 Å². The topological polar surface area (TPSA) is 61.4 Å². The van der Waals surface area contributed by atoms with Gasteiger partial charge in [-0.15, -0.1) is 0 Å². The molecule has 0 bridgehead atoms. The smallest absolute Gasteiger partial charge is 0.324 e. The molecule has 2 N–H and O–H groups in total.